The lowest BCUT2D eigenvalue weighted by molar-refractivity contribution is -0.149. The molecule has 0 saturated heterocycles. The van der Waals surface area contributed by atoms with Gasteiger partial charge in [-0.25, -0.2) is 4.79 Å². The number of rotatable bonds is 5. The van der Waals surface area contributed by atoms with Gasteiger partial charge >= 0.3 is 5.97 Å². The zero-order chi connectivity index (χ0) is 17.9. The fourth-order valence-electron chi connectivity index (χ4n) is 3.13. The van der Waals surface area contributed by atoms with Crippen molar-refractivity contribution in [3.8, 4) is 5.75 Å². The number of fused-ring (bicyclic) bond motifs is 1. The average Bonchev–Trinajstić information content (AvgIpc) is 2.53. The third-order valence-electron chi connectivity index (χ3n) is 4.05. The molecule has 0 fully saturated rings. The van der Waals surface area contributed by atoms with Gasteiger partial charge in [-0.2, -0.15) is 0 Å². The molecule has 1 aliphatic rings. The second-order valence-corrected chi connectivity index (χ2v) is 6.47. The minimum absolute atomic E-state index is 0.0281. The molecule has 2 rings (SSSR count). The summed E-state index contributed by atoms with van der Waals surface area (Å²) in [6.45, 7) is 8.50. The van der Waals surface area contributed by atoms with E-state index in [2.05, 4.69) is 0 Å². The monoisotopic (exact) mass is 334 g/mol. The lowest BCUT2D eigenvalue weighted by Crippen LogP contribution is -2.51. The summed E-state index contributed by atoms with van der Waals surface area (Å²) in [6, 6.07) is 7.65. The second-order valence-electron chi connectivity index (χ2n) is 6.47. The maximum Gasteiger partial charge on any atom is 0.348 e. The highest BCUT2D eigenvalue weighted by Gasteiger charge is 2.33. The summed E-state index contributed by atoms with van der Waals surface area (Å²) in [5.41, 5.74) is 0.818. The highest BCUT2D eigenvalue weighted by molar-refractivity contribution is 5.84. The van der Waals surface area contributed by atoms with Crippen molar-refractivity contribution in [2.45, 2.75) is 45.9 Å². The Hall–Kier alpha value is -2.24. The van der Waals surface area contributed by atoms with E-state index in [0.29, 0.717) is 12.3 Å². The number of carbonyl (C=O) groups excluding carboxylic acids is 2. The Kier molecular flexibility index (Phi) is 5.70. The minimum Gasteiger partial charge on any atom is -0.475 e. The van der Waals surface area contributed by atoms with Crippen LogP contribution in [-0.2, 0) is 14.3 Å². The topological polar surface area (TPSA) is 59.1 Å². The molecule has 1 atom stereocenters. The number of nitrogens with zero attached hydrogens (tertiary/aromatic N) is 2. The summed E-state index contributed by atoms with van der Waals surface area (Å²) in [5, 5.41) is 0. The molecule has 0 radical (unpaired) electrons. The van der Waals surface area contributed by atoms with Gasteiger partial charge in [0.15, 0.2) is 0 Å². The summed E-state index contributed by atoms with van der Waals surface area (Å²) in [6.07, 6.45) is -0.732. The van der Waals surface area contributed by atoms with Crippen molar-refractivity contribution in [1.29, 1.82) is 0 Å². The molecule has 0 aliphatic carbocycles. The number of esters is 1. The normalized spacial score (nSPS) is 16.6. The van der Waals surface area contributed by atoms with E-state index in [1.165, 1.54) is 7.11 Å². The van der Waals surface area contributed by atoms with Crippen molar-refractivity contribution in [2.24, 2.45) is 0 Å². The second kappa shape index (κ2) is 7.55. The van der Waals surface area contributed by atoms with Gasteiger partial charge in [0.1, 0.15) is 5.75 Å². The van der Waals surface area contributed by atoms with Crippen molar-refractivity contribution in [2.75, 3.05) is 25.1 Å². The van der Waals surface area contributed by atoms with E-state index in [1.807, 2.05) is 55.7 Å². The number of hydrogen-bond acceptors (Lipinski definition) is 5. The molecule has 1 unspecified atom stereocenters. The number of para-hydroxylation sites is 2. The standard InChI is InChI=1S/C18H26N2O4/c1-12(2)20(13(3)4)17(21)11-19-10-16(18(22)23-5)24-15-9-7-6-8-14(15)19/h6-9,12-13,16H,10-11H2,1-5H3. The van der Waals surface area contributed by atoms with Gasteiger partial charge in [0, 0.05) is 12.1 Å². The molecular formula is C18H26N2O4. The summed E-state index contributed by atoms with van der Waals surface area (Å²) in [7, 11) is 1.33. The van der Waals surface area contributed by atoms with Crippen molar-refractivity contribution >= 4 is 17.6 Å². The molecule has 0 aromatic heterocycles. The van der Waals surface area contributed by atoms with E-state index in [9.17, 15) is 9.59 Å². The number of carbonyl (C=O) groups is 2. The van der Waals surface area contributed by atoms with Crippen LogP contribution >= 0.6 is 0 Å². The van der Waals surface area contributed by atoms with Gasteiger partial charge in [-0.1, -0.05) is 12.1 Å². The molecular weight excluding hydrogens is 308 g/mol. The van der Waals surface area contributed by atoms with Crippen LogP contribution in [0.15, 0.2) is 24.3 Å². The Labute approximate surface area is 143 Å². The summed E-state index contributed by atoms with van der Waals surface area (Å²) >= 11 is 0. The van der Waals surface area contributed by atoms with Crippen molar-refractivity contribution < 1.29 is 19.1 Å². The Bertz CT molecular complexity index is 592. The molecule has 1 aromatic carbocycles. The molecule has 0 N–H and O–H groups in total. The maximum atomic E-state index is 12.8. The molecule has 1 aromatic rings. The third kappa shape index (κ3) is 3.80. The van der Waals surface area contributed by atoms with Crippen LogP contribution in [0.4, 0.5) is 5.69 Å². The van der Waals surface area contributed by atoms with Gasteiger partial charge < -0.3 is 19.3 Å². The van der Waals surface area contributed by atoms with Crippen LogP contribution in [0, 0.1) is 0 Å². The van der Waals surface area contributed by atoms with Crippen molar-refractivity contribution in [1.82, 2.24) is 4.90 Å². The Morgan fingerprint density at radius 3 is 2.46 bits per heavy atom. The summed E-state index contributed by atoms with van der Waals surface area (Å²) in [4.78, 5) is 28.4. The largest absolute Gasteiger partial charge is 0.475 e. The van der Waals surface area contributed by atoms with Crippen LogP contribution in [-0.4, -0.2) is 55.2 Å². The summed E-state index contributed by atoms with van der Waals surface area (Å²) in [5.74, 6) is 0.180. The third-order valence-corrected chi connectivity index (χ3v) is 4.05. The number of benzene rings is 1. The molecule has 0 spiro atoms. The predicted molar refractivity (Wildman–Crippen MR) is 92.2 cm³/mol. The molecule has 132 valence electrons. The lowest BCUT2D eigenvalue weighted by atomic mass is 10.1. The predicted octanol–water partition coefficient (Wildman–Crippen LogP) is 2.07. The van der Waals surface area contributed by atoms with Gasteiger partial charge in [0.2, 0.25) is 12.0 Å². The van der Waals surface area contributed by atoms with E-state index in [0.717, 1.165) is 5.69 Å². The first-order valence-corrected chi connectivity index (χ1v) is 8.24. The van der Waals surface area contributed by atoms with E-state index in [4.69, 9.17) is 9.47 Å². The van der Waals surface area contributed by atoms with E-state index in [-0.39, 0.29) is 24.5 Å². The van der Waals surface area contributed by atoms with Crippen LogP contribution in [0.2, 0.25) is 0 Å². The SMILES string of the molecule is COC(=O)C1CN(CC(=O)N(C(C)C)C(C)C)c2ccccc2O1. The van der Waals surface area contributed by atoms with Gasteiger partial charge in [-0.15, -0.1) is 0 Å². The Morgan fingerprint density at radius 2 is 1.88 bits per heavy atom. The van der Waals surface area contributed by atoms with Gasteiger partial charge in [0.05, 0.1) is 25.9 Å². The molecule has 1 amide bonds. The molecule has 24 heavy (non-hydrogen) atoms. The zero-order valence-electron chi connectivity index (χ0n) is 15.0. The first-order chi connectivity index (χ1) is 11.3. The smallest absolute Gasteiger partial charge is 0.348 e. The fraction of sp³-hybridized carbons (Fsp3) is 0.556. The van der Waals surface area contributed by atoms with Gasteiger partial charge in [-0.3, -0.25) is 4.79 Å². The Balaban J connectivity index is 2.24. The van der Waals surface area contributed by atoms with Crippen molar-refractivity contribution in [3.05, 3.63) is 24.3 Å². The minimum atomic E-state index is -0.732. The number of anilines is 1. The van der Waals surface area contributed by atoms with Crippen molar-refractivity contribution in [3.63, 3.8) is 0 Å². The molecule has 6 heteroatoms. The zero-order valence-corrected chi connectivity index (χ0v) is 15.0. The first-order valence-electron chi connectivity index (χ1n) is 8.24. The van der Waals surface area contributed by atoms with Crippen LogP contribution < -0.4 is 9.64 Å². The number of methoxy groups -OCH3 is 1. The molecule has 0 saturated carbocycles. The highest BCUT2D eigenvalue weighted by atomic mass is 16.6. The first kappa shape index (κ1) is 18.1. The summed E-state index contributed by atoms with van der Waals surface area (Å²) < 4.78 is 10.5. The van der Waals surface area contributed by atoms with E-state index >= 15 is 0 Å². The van der Waals surface area contributed by atoms with Crippen LogP contribution in [0.25, 0.3) is 0 Å². The molecule has 1 aliphatic heterocycles. The van der Waals surface area contributed by atoms with E-state index < -0.39 is 12.1 Å². The Morgan fingerprint density at radius 1 is 1.25 bits per heavy atom. The number of hydrogen-bond donors (Lipinski definition) is 0. The molecule has 6 nitrogen and oxygen atoms in total. The quantitative estimate of drug-likeness (QED) is 0.772. The fourth-order valence-corrected chi connectivity index (χ4v) is 3.13. The average molecular weight is 334 g/mol. The highest BCUT2D eigenvalue weighted by Crippen LogP contribution is 2.33. The maximum absolute atomic E-state index is 12.8. The molecule has 0 bridgehead atoms. The van der Waals surface area contributed by atoms with E-state index in [1.54, 1.807) is 6.07 Å². The van der Waals surface area contributed by atoms with Crippen LogP contribution in [0.5, 0.6) is 5.75 Å². The van der Waals surface area contributed by atoms with Crippen LogP contribution in [0.3, 0.4) is 0 Å². The molecule has 1 heterocycles. The van der Waals surface area contributed by atoms with Crippen LogP contribution in [0.1, 0.15) is 27.7 Å². The number of ether oxygens (including phenoxy) is 2. The lowest BCUT2D eigenvalue weighted by Gasteiger charge is -2.37. The number of amides is 1. The van der Waals surface area contributed by atoms with Gasteiger partial charge in [-0.05, 0) is 39.8 Å². The van der Waals surface area contributed by atoms with Gasteiger partial charge in [0.25, 0.3) is 0 Å².